The lowest BCUT2D eigenvalue weighted by molar-refractivity contribution is 0.649. The number of benzene rings is 2. The SMILES string of the molecule is C=C(Nc1cncc(/C(C)=C/C=c2/[nH]nc(-c3nc4c(-c5cccc(C)c5)cccc4[nH]3)c2=C)c1)C1CCCC1. The predicted octanol–water partition coefficient (Wildman–Crippen LogP) is 6.73. The van der Waals surface area contributed by atoms with Crippen molar-refractivity contribution in [3.8, 4) is 22.6 Å². The molecule has 0 atom stereocenters. The number of fused-ring (bicyclic) bond motifs is 1. The fourth-order valence-corrected chi connectivity index (χ4v) is 5.49. The van der Waals surface area contributed by atoms with Gasteiger partial charge in [0.25, 0.3) is 0 Å². The van der Waals surface area contributed by atoms with Gasteiger partial charge in [0.2, 0.25) is 0 Å². The van der Waals surface area contributed by atoms with E-state index < -0.39 is 0 Å². The summed E-state index contributed by atoms with van der Waals surface area (Å²) in [7, 11) is 0. The van der Waals surface area contributed by atoms with Crippen molar-refractivity contribution in [2.24, 2.45) is 5.92 Å². The number of H-pyrrole nitrogens is 2. The maximum Gasteiger partial charge on any atom is 0.159 e. The second kappa shape index (κ2) is 10.8. The van der Waals surface area contributed by atoms with Crippen LogP contribution in [0.25, 0.3) is 51.9 Å². The van der Waals surface area contributed by atoms with Crippen LogP contribution in [0.1, 0.15) is 43.7 Å². The average molecular weight is 527 g/mol. The van der Waals surface area contributed by atoms with E-state index in [1.165, 1.54) is 31.2 Å². The molecule has 3 heterocycles. The number of aryl methyl sites for hydroxylation is 1. The normalized spacial score (nSPS) is 14.8. The zero-order valence-corrected chi connectivity index (χ0v) is 23.1. The molecule has 3 aromatic heterocycles. The maximum atomic E-state index is 4.94. The largest absolute Gasteiger partial charge is 0.358 e. The van der Waals surface area contributed by atoms with Crippen LogP contribution in [0.4, 0.5) is 5.69 Å². The Kier molecular flexibility index (Phi) is 6.91. The molecule has 1 aliphatic rings. The lowest BCUT2D eigenvalue weighted by Crippen LogP contribution is -2.21. The molecule has 3 N–H and O–H groups in total. The van der Waals surface area contributed by atoms with Gasteiger partial charge in [0, 0.05) is 22.7 Å². The van der Waals surface area contributed by atoms with Gasteiger partial charge in [-0.15, -0.1) is 0 Å². The molecule has 0 radical (unpaired) electrons. The van der Waals surface area contributed by atoms with Crippen molar-refractivity contribution in [1.82, 2.24) is 25.1 Å². The zero-order valence-electron chi connectivity index (χ0n) is 23.1. The van der Waals surface area contributed by atoms with Gasteiger partial charge in [-0.2, -0.15) is 5.10 Å². The third-order valence-electron chi connectivity index (χ3n) is 7.81. The number of aromatic nitrogens is 5. The zero-order chi connectivity index (χ0) is 27.6. The van der Waals surface area contributed by atoms with Gasteiger partial charge in [-0.1, -0.05) is 74.0 Å². The summed E-state index contributed by atoms with van der Waals surface area (Å²) in [5.41, 5.74) is 10.2. The summed E-state index contributed by atoms with van der Waals surface area (Å²) in [6, 6.07) is 16.8. The highest BCUT2D eigenvalue weighted by molar-refractivity contribution is 5.93. The molecule has 6 rings (SSSR count). The summed E-state index contributed by atoms with van der Waals surface area (Å²) in [6.45, 7) is 12.8. The summed E-state index contributed by atoms with van der Waals surface area (Å²) < 4.78 is 0. The quantitative estimate of drug-likeness (QED) is 0.220. The van der Waals surface area contributed by atoms with E-state index in [1.54, 1.807) is 0 Å². The smallest absolute Gasteiger partial charge is 0.159 e. The number of hydrogen-bond donors (Lipinski definition) is 3. The molecule has 6 nitrogen and oxygen atoms in total. The van der Waals surface area contributed by atoms with Crippen LogP contribution in [0.15, 0.2) is 79.3 Å². The van der Waals surface area contributed by atoms with E-state index in [0.717, 1.165) is 55.2 Å². The van der Waals surface area contributed by atoms with Gasteiger partial charge >= 0.3 is 0 Å². The predicted molar refractivity (Wildman–Crippen MR) is 166 cm³/mol. The van der Waals surface area contributed by atoms with E-state index in [0.29, 0.717) is 17.4 Å². The molecule has 6 heteroatoms. The number of nitrogens with one attached hydrogen (secondary N) is 3. The van der Waals surface area contributed by atoms with E-state index in [1.807, 2.05) is 30.6 Å². The molecular formula is C34H34N6. The van der Waals surface area contributed by atoms with Crippen molar-refractivity contribution < 1.29 is 0 Å². The summed E-state index contributed by atoms with van der Waals surface area (Å²) >= 11 is 0. The van der Waals surface area contributed by atoms with Crippen molar-refractivity contribution in [3.63, 3.8) is 0 Å². The molecule has 1 saturated carbocycles. The first-order valence-corrected chi connectivity index (χ1v) is 13.9. The van der Waals surface area contributed by atoms with Crippen molar-refractivity contribution in [2.75, 3.05) is 5.32 Å². The van der Waals surface area contributed by atoms with Crippen LogP contribution < -0.4 is 15.9 Å². The van der Waals surface area contributed by atoms with Crippen LogP contribution >= 0.6 is 0 Å². The molecule has 200 valence electrons. The van der Waals surface area contributed by atoms with Crippen LogP contribution in [0.2, 0.25) is 0 Å². The fraction of sp³-hybridized carbons (Fsp3) is 0.206. The van der Waals surface area contributed by atoms with Gasteiger partial charge in [0.15, 0.2) is 5.82 Å². The van der Waals surface area contributed by atoms with Gasteiger partial charge in [-0.3, -0.25) is 10.1 Å². The van der Waals surface area contributed by atoms with E-state index >= 15 is 0 Å². The van der Waals surface area contributed by atoms with Crippen molar-refractivity contribution in [3.05, 3.63) is 101 Å². The lowest BCUT2D eigenvalue weighted by Gasteiger charge is -2.16. The van der Waals surface area contributed by atoms with Gasteiger partial charge in [-0.05, 0) is 67.5 Å². The number of nitrogens with zero attached hydrogens (tertiary/aromatic N) is 3. The van der Waals surface area contributed by atoms with Crippen LogP contribution in [0.3, 0.4) is 0 Å². The highest BCUT2D eigenvalue weighted by atomic mass is 15.1. The molecule has 2 aromatic carbocycles. The summed E-state index contributed by atoms with van der Waals surface area (Å²) in [5, 5.41) is 12.8. The third kappa shape index (κ3) is 5.13. The average Bonchev–Trinajstić information content (AvgIpc) is 3.72. The molecule has 1 aliphatic carbocycles. The number of allylic oxidation sites excluding steroid dienone is 3. The van der Waals surface area contributed by atoms with Crippen LogP contribution in [-0.4, -0.2) is 25.1 Å². The van der Waals surface area contributed by atoms with Gasteiger partial charge < -0.3 is 10.3 Å². The van der Waals surface area contributed by atoms with Gasteiger partial charge in [-0.25, -0.2) is 4.98 Å². The number of para-hydroxylation sites is 1. The molecule has 5 aromatic rings. The highest BCUT2D eigenvalue weighted by Gasteiger charge is 2.18. The molecule has 0 aliphatic heterocycles. The molecular weight excluding hydrogens is 492 g/mol. The standard InChI is InChI=1S/C34H34N6/c1-21-9-7-12-26(17-21)29-13-8-14-31-33(29)38-34(37-31)32-23(3)30(39-40-32)16-15-22(2)27-18-28(20-35-19-27)36-24(4)25-10-5-6-11-25/h7-9,12-20,25,36,39H,3-6,10-11H2,1-2H3,(H,37,38)/b22-15+,30-16+. The topological polar surface area (TPSA) is 82.3 Å². The van der Waals surface area contributed by atoms with Gasteiger partial charge in [0.05, 0.1) is 28.3 Å². The number of anilines is 1. The van der Waals surface area contributed by atoms with E-state index in [-0.39, 0.29) is 0 Å². The van der Waals surface area contributed by atoms with Crippen molar-refractivity contribution in [2.45, 2.75) is 39.5 Å². The first-order chi connectivity index (χ1) is 19.5. The number of imidazole rings is 1. The fourth-order valence-electron chi connectivity index (χ4n) is 5.49. The minimum absolute atomic E-state index is 0.555. The Balaban J connectivity index is 1.26. The van der Waals surface area contributed by atoms with E-state index in [9.17, 15) is 0 Å². The Hall–Kier alpha value is -4.71. The number of hydrogen-bond acceptors (Lipinski definition) is 4. The Morgan fingerprint density at radius 1 is 1.07 bits per heavy atom. The number of rotatable bonds is 7. The Morgan fingerprint density at radius 2 is 1.90 bits per heavy atom. The lowest BCUT2D eigenvalue weighted by atomic mass is 10.0. The van der Waals surface area contributed by atoms with Crippen LogP contribution in [0, 0.1) is 12.8 Å². The first kappa shape index (κ1) is 25.6. The molecule has 0 amide bonds. The first-order valence-electron chi connectivity index (χ1n) is 13.9. The highest BCUT2D eigenvalue weighted by Crippen LogP contribution is 2.31. The Bertz CT molecular complexity index is 1850. The molecule has 0 saturated heterocycles. The summed E-state index contributed by atoms with van der Waals surface area (Å²) in [4.78, 5) is 12.8. The van der Waals surface area contributed by atoms with Crippen LogP contribution in [0.5, 0.6) is 0 Å². The minimum atomic E-state index is 0.555. The second-order valence-electron chi connectivity index (χ2n) is 10.7. The Morgan fingerprint density at radius 3 is 2.73 bits per heavy atom. The second-order valence-corrected chi connectivity index (χ2v) is 10.7. The molecule has 0 spiro atoms. The molecule has 0 unspecified atom stereocenters. The monoisotopic (exact) mass is 526 g/mol. The maximum absolute atomic E-state index is 4.94. The molecule has 0 bridgehead atoms. The molecule has 40 heavy (non-hydrogen) atoms. The van der Waals surface area contributed by atoms with Crippen molar-refractivity contribution in [1.29, 1.82) is 0 Å². The summed E-state index contributed by atoms with van der Waals surface area (Å²) in [6.07, 6.45) is 12.8. The van der Waals surface area contributed by atoms with Crippen molar-refractivity contribution >= 4 is 34.9 Å². The van der Waals surface area contributed by atoms with E-state index in [2.05, 4.69) is 95.0 Å². The van der Waals surface area contributed by atoms with E-state index in [4.69, 9.17) is 4.98 Å². The van der Waals surface area contributed by atoms with Crippen LogP contribution in [-0.2, 0) is 0 Å². The number of pyridine rings is 1. The third-order valence-corrected chi connectivity index (χ3v) is 7.81. The number of aromatic amines is 2. The molecule has 1 fully saturated rings. The van der Waals surface area contributed by atoms with Gasteiger partial charge in [0.1, 0.15) is 5.69 Å². The Labute approximate surface area is 234 Å². The summed E-state index contributed by atoms with van der Waals surface area (Å²) in [5.74, 6) is 1.25. The minimum Gasteiger partial charge on any atom is -0.358 e.